The van der Waals surface area contributed by atoms with Crippen LogP contribution in [0.15, 0.2) is 69.9 Å². The first kappa shape index (κ1) is 16.7. The number of hydrogen-bond donors (Lipinski definition) is 0. The molecule has 0 saturated carbocycles. The first-order valence-electron chi connectivity index (χ1n) is 8.38. The van der Waals surface area contributed by atoms with Gasteiger partial charge in [-0.1, -0.05) is 24.0 Å². The molecule has 0 aliphatic carbocycles. The molecule has 27 heavy (non-hydrogen) atoms. The Labute approximate surface area is 156 Å². The maximum Gasteiger partial charge on any atom is 0.200 e. The Morgan fingerprint density at radius 3 is 2.15 bits per heavy atom. The van der Waals surface area contributed by atoms with E-state index in [2.05, 4.69) is 11.8 Å². The fourth-order valence-electron chi connectivity index (χ4n) is 2.90. The monoisotopic (exact) mass is 356 g/mol. The van der Waals surface area contributed by atoms with Gasteiger partial charge in [-0.15, -0.1) is 0 Å². The minimum absolute atomic E-state index is 0.0381. The molecule has 4 heteroatoms. The van der Waals surface area contributed by atoms with Crippen LogP contribution < -0.4 is 14.9 Å². The van der Waals surface area contributed by atoms with Crippen molar-refractivity contribution in [2.75, 3.05) is 14.2 Å². The average molecular weight is 356 g/mol. The summed E-state index contributed by atoms with van der Waals surface area (Å²) in [5.74, 6) is 7.55. The van der Waals surface area contributed by atoms with Gasteiger partial charge >= 0.3 is 0 Å². The zero-order valence-corrected chi connectivity index (χ0v) is 14.9. The van der Waals surface area contributed by atoms with E-state index < -0.39 is 0 Å². The average Bonchev–Trinajstić information content (AvgIpc) is 2.72. The van der Waals surface area contributed by atoms with Gasteiger partial charge < -0.3 is 13.9 Å². The summed E-state index contributed by atoms with van der Waals surface area (Å²) in [6.07, 6.45) is 0. The minimum atomic E-state index is -0.0381. The molecule has 0 saturated heterocycles. The van der Waals surface area contributed by atoms with Gasteiger partial charge in [-0.25, -0.2) is 0 Å². The van der Waals surface area contributed by atoms with E-state index in [9.17, 15) is 4.79 Å². The Morgan fingerprint density at radius 2 is 1.41 bits per heavy atom. The molecule has 1 heterocycles. The van der Waals surface area contributed by atoms with E-state index in [1.165, 1.54) is 0 Å². The highest BCUT2D eigenvalue weighted by molar-refractivity contribution is 5.90. The molecule has 0 aliphatic rings. The zero-order chi connectivity index (χ0) is 18.8. The molecule has 0 atom stereocenters. The van der Waals surface area contributed by atoms with E-state index in [0.29, 0.717) is 33.4 Å². The summed E-state index contributed by atoms with van der Waals surface area (Å²) >= 11 is 0. The maximum absolute atomic E-state index is 12.6. The summed E-state index contributed by atoms with van der Waals surface area (Å²) in [7, 11) is 3.20. The highest BCUT2D eigenvalue weighted by Gasteiger charge is 2.07. The van der Waals surface area contributed by atoms with Gasteiger partial charge in [-0.05, 0) is 42.5 Å². The predicted molar refractivity (Wildman–Crippen MR) is 106 cm³/mol. The summed E-state index contributed by atoms with van der Waals surface area (Å²) in [5.41, 5.74) is 2.57. The van der Waals surface area contributed by atoms with Gasteiger partial charge in [0.25, 0.3) is 0 Å². The van der Waals surface area contributed by atoms with Crippen molar-refractivity contribution in [2.24, 2.45) is 0 Å². The quantitative estimate of drug-likeness (QED) is 0.395. The highest BCUT2D eigenvalue weighted by Crippen LogP contribution is 2.22. The third-order valence-electron chi connectivity index (χ3n) is 4.28. The van der Waals surface area contributed by atoms with Crippen molar-refractivity contribution in [1.82, 2.24) is 0 Å². The van der Waals surface area contributed by atoms with E-state index in [1.807, 2.05) is 30.3 Å². The third kappa shape index (κ3) is 3.23. The normalized spacial score (nSPS) is 10.4. The molecule has 0 spiro atoms. The number of fused-ring (bicyclic) bond motifs is 2. The third-order valence-corrected chi connectivity index (χ3v) is 4.28. The fraction of sp³-hybridized carbons (Fsp3) is 0.0870. The van der Waals surface area contributed by atoms with Gasteiger partial charge in [0.05, 0.1) is 25.0 Å². The lowest BCUT2D eigenvalue weighted by molar-refractivity contribution is 0.394. The SMILES string of the molecule is COc1cc(C#Cc2ccc3c(=O)c4ccccc4oc3c2)cc(OC)c1. The van der Waals surface area contributed by atoms with Crippen molar-refractivity contribution in [3.63, 3.8) is 0 Å². The van der Waals surface area contributed by atoms with Crippen LogP contribution in [-0.4, -0.2) is 14.2 Å². The molecule has 0 amide bonds. The van der Waals surface area contributed by atoms with Crippen LogP contribution in [0.3, 0.4) is 0 Å². The van der Waals surface area contributed by atoms with Crippen LogP contribution in [0.5, 0.6) is 11.5 Å². The second-order valence-electron chi connectivity index (χ2n) is 5.99. The molecular formula is C23H16O4. The van der Waals surface area contributed by atoms with E-state index in [-0.39, 0.29) is 5.43 Å². The van der Waals surface area contributed by atoms with Gasteiger partial charge in [0, 0.05) is 17.2 Å². The Morgan fingerprint density at radius 1 is 0.741 bits per heavy atom. The number of para-hydroxylation sites is 1. The summed E-state index contributed by atoms with van der Waals surface area (Å²) in [4.78, 5) is 12.6. The molecule has 0 unspecified atom stereocenters. The lowest BCUT2D eigenvalue weighted by Gasteiger charge is -2.04. The molecule has 0 aliphatic heterocycles. The summed E-state index contributed by atoms with van der Waals surface area (Å²) in [6, 6.07) is 18.1. The van der Waals surface area contributed by atoms with Gasteiger partial charge in [0.2, 0.25) is 5.43 Å². The van der Waals surface area contributed by atoms with Gasteiger partial charge in [0.1, 0.15) is 22.7 Å². The lowest BCUT2D eigenvalue weighted by atomic mass is 10.1. The molecule has 0 radical (unpaired) electrons. The predicted octanol–water partition coefficient (Wildman–Crippen LogP) is 4.36. The van der Waals surface area contributed by atoms with Crippen LogP contribution in [0.25, 0.3) is 21.9 Å². The molecule has 4 rings (SSSR count). The van der Waals surface area contributed by atoms with Crippen molar-refractivity contribution < 1.29 is 13.9 Å². The number of ether oxygens (including phenoxy) is 2. The molecular weight excluding hydrogens is 340 g/mol. The molecule has 0 bridgehead atoms. The molecule has 1 aromatic heterocycles. The van der Waals surface area contributed by atoms with Crippen LogP contribution in [0.4, 0.5) is 0 Å². The minimum Gasteiger partial charge on any atom is -0.497 e. The molecule has 0 fully saturated rings. The van der Waals surface area contributed by atoms with Gasteiger partial charge in [-0.2, -0.15) is 0 Å². The number of methoxy groups -OCH3 is 2. The second kappa shape index (κ2) is 6.89. The van der Waals surface area contributed by atoms with Crippen LogP contribution in [0.2, 0.25) is 0 Å². The Bertz CT molecular complexity index is 1250. The molecule has 132 valence electrons. The number of hydrogen-bond acceptors (Lipinski definition) is 4. The summed E-state index contributed by atoms with van der Waals surface area (Å²) in [6.45, 7) is 0. The smallest absolute Gasteiger partial charge is 0.200 e. The van der Waals surface area contributed by atoms with Crippen molar-refractivity contribution >= 4 is 21.9 Å². The second-order valence-corrected chi connectivity index (χ2v) is 5.99. The van der Waals surface area contributed by atoms with Crippen LogP contribution in [-0.2, 0) is 0 Å². The van der Waals surface area contributed by atoms with Crippen LogP contribution in [0.1, 0.15) is 11.1 Å². The number of benzene rings is 3. The van der Waals surface area contributed by atoms with Crippen molar-refractivity contribution in [3.05, 3.63) is 82.0 Å². The zero-order valence-electron chi connectivity index (χ0n) is 14.9. The highest BCUT2D eigenvalue weighted by atomic mass is 16.5. The standard InChI is InChI=1S/C23H16O4/c1-25-17-11-16(12-18(14-17)26-2)8-7-15-9-10-20-22(13-15)27-21-6-4-3-5-19(21)23(20)24/h3-6,9-14H,1-2H3. The first-order valence-corrected chi connectivity index (χ1v) is 8.38. The van der Waals surface area contributed by atoms with E-state index in [1.54, 1.807) is 44.6 Å². The molecule has 3 aromatic carbocycles. The molecule has 4 aromatic rings. The van der Waals surface area contributed by atoms with Crippen molar-refractivity contribution in [2.45, 2.75) is 0 Å². The Hall–Kier alpha value is -3.71. The fourth-order valence-corrected chi connectivity index (χ4v) is 2.90. The first-order chi connectivity index (χ1) is 13.2. The van der Waals surface area contributed by atoms with Crippen LogP contribution >= 0.6 is 0 Å². The summed E-state index contributed by atoms with van der Waals surface area (Å²) in [5, 5.41) is 1.12. The van der Waals surface area contributed by atoms with E-state index in [4.69, 9.17) is 13.9 Å². The van der Waals surface area contributed by atoms with Gasteiger partial charge in [0.15, 0.2) is 0 Å². The lowest BCUT2D eigenvalue weighted by Crippen LogP contribution is -2.01. The largest absolute Gasteiger partial charge is 0.497 e. The van der Waals surface area contributed by atoms with Gasteiger partial charge in [-0.3, -0.25) is 4.79 Å². The van der Waals surface area contributed by atoms with Crippen LogP contribution in [0, 0.1) is 11.8 Å². The van der Waals surface area contributed by atoms with E-state index >= 15 is 0 Å². The van der Waals surface area contributed by atoms with Crippen molar-refractivity contribution in [1.29, 1.82) is 0 Å². The molecule has 4 nitrogen and oxygen atoms in total. The van der Waals surface area contributed by atoms with E-state index in [0.717, 1.165) is 11.1 Å². The topological polar surface area (TPSA) is 48.7 Å². The Balaban J connectivity index is 1.79. The van der Waals surface area contributed by atoms with Crippen molar-refractivity contribution in [3.8, 4) is 23.3 Å². The molecule has 0 N–H and O–H groups in total. The number of rotatable bonds is 2. The summed E-state index contributed by atoms with van der Waals surface area (Å²) < 4.78 is 16.4. The Kier molecular flexibility index (Phi) is 4.27. The maximum atomic E-state index is 12.6.